The van der Waals surface area contributed by atoms with E-state index in [9.17, 15) is 19.2 Å². The van der Waals surface area contributed by atoms with E-state index in [4.69, 9.17) is 16.3 Å². The molecule has 312 valence electrons. The van der Waals surface area contributed by atoms with E-state index in [1.807, 2.05) is 117 Å². The van der Waals surface area contributed by atoms with Crippen LogP contribution >= 0.6 is 11.6 Å². The van der Waals surface area contributed by atoms with E-state index < -0.39 is 0 Å². The van der Waals surface area contributed by atoms with Gasteiger partial charge in [-0.1, -0.05) is 56.3 Å². The molecule has 0 aliphatic carbocycles. The van der Waals surface area contributed by atoms with Crippen LogP contribution in [0.3, 0.4) is 0 Å². The van der Waals surface area contributed by atoms with Crippen LogP contribution in [0.1, 0.15) is 140 Å². The van der Waals surface area contributed by atoms with Gasteiger partial charge in [0.2, 0.25) is 0 Å². The molecule has 5 heterocycles. The van der Waals surface area contributed by atoms with Gasteiger partial charge in [0.25, 0.3) is 23.6 Å². The number of rotatable bonds is 5. The smallest absolute Gasteiger partial charge is 0.256 e. The Labute approximate surface area is 351 Å². The number of methoxy groups -OCH3 is 1. The largest absolute Gasteiger partial charge is 0.496 e. The number of pyridine rings is 1. The summed E-state index contributed by atoms with van der Waals surface area (Å²) in [7, 11) is 1.64. The number of aromatic nitrogens is 1. The molecule has 0 unspecified atom stereocenters. The van der Waals surface area contributed by atoms with E-state index in [1.54, 1.807) is 19.4 Å². The van der Waals surface area contributed by atoms with Gasteiger partial charge in [-0.3, -0.25) is 24.2 Å². The monoisotopic (exact) mass is 811 g/mol. The first-order valence-electron chi connectivity index (χ1n) is 19.3. The molecule has 0 spiro atoms. The lowest BCUT2D eigenvalue weighted by Crippen LogP contribution is -2.30. The quantitative estimate of drug-likeness (QED) is 0.199. The number of hydrogen-bond acceptors (Lipinski definition) is 6. The van der Waals surface area contributed by atoms with E-state index in [0.717, 1.165) is 62.5 Å². The van der Waals surface area contributed by atoms with Gasteiger partial charge in [0.05, 0.1) is 31.5 Å². The summed E-state index contributed by atoms with van der Waals surface area (Å²) in [5.74, 6) is 1.30. The molecule has 0 bridgehead atoms. The van der Waals surface area contributed by atoms with E-state index in [-0.39, 0.29) is 62.6 Å². The molecule has 10 nitrogen and oxygen atoms in total. The number of carbonyl (C=O) groups is 4. The van der Waals surface area contributed by atoms with Gasteiger partial charge in [-0.15, -0.1) is 0 Å². The topological polar surface area (TPSA) is 103 Å². The highest BCUT2D eigenvalue weighted by molar-refractivity contribution is 6.32. The highest BCUT2D eigenvalue weighted by Gasteiger charge is 2.33. The average molecular weight is 812 g/mol. The Morgan fingerprint density at radius 1 is 0.569 bits per heavy atom. The number of ether oxygens (including phenoxy) is 1. The SMILES string of the molecule is C.C.CC(C)N1Cc2c(Cl)cccc2C1=O.CC(C)N1Cc2ncccc2C1=O.COc1cccc2c1CN(C(C)C)C2=O.Cc1ccc2c(c1)C(=O)N(C(C)C)C2. The predicted octanol–water partition coefficient (Wildman–Crippen LogP) is 9.84. The Morgan fingerprint density at radius 2 is 1.03 bits per heavy atom. The van der Waals surface area contributed by atoms with Crippen LogP contribution in [-0.4, -0.2) is 79.5 Å². The second-order valence-electron chi connectivity index (χ2n) is 15.5. The molecule has 0 saturated heterocycles. The van der Waals surface area contributed by atoms with E-state index in [2.05, 4.69) is 31.0 Å². The summed E-state index contributed by atoms with van der Waals surface area (Å²) in [5, 5.41) is 0.694. The van der Waals surface area contributed by atoms with Gasteiger partial charge < -0.3 is 24.3 Å². The van der Waals surface area contributed by atoms with Crippen LogP contribution in [0.4, 0.5) is 0 Å². The fourth-order valence-electron chi connectivity index (χ4n) is 7.09. The van der Waals surface area contributed by atoms with Gasteiger partial charge in [-0.05, 0) is 110 Å². The molecule has 3 aromatic carbocycles. The summed E-state index contributed by atoms with van der Waals surface area (Å²) in [6.07, 6.45) is 1.73. The maximum Gasteiger partial charge on any atom is 0.256 e. The Balaban J connectivity index is 0.000000205. The normalized spacial score (nSPS) is 14.5. The van der Waals surface area contributed by atoms with Crippen molar-refractivity contribution < 1.29 is 23.9 Å². The van der Waals surface area contributed by atoms with Gasteiger partial charge in [0, 0.05) is 76.3 Å². The third-order valence-corrected chi connectivity index (χ3v) is 10.8. The van der Waals surface area contributed by atoms with Crippen molar-refractivity contribution in [3.8, 4) is 5.75 Å². The number of benzene rings is 3. The molecule has 0 saturated carbocycles. The highest BCUT2D eigenvalue weighted by Crippen LogP contribution is 2.32. The molecule has 0 N–H and O–H groups in total. The van der Waals surface area contributed by atoms with Crippen molar-refractivity contribution >= 4 is 35.2 Å². The van der Waals surface area contributed by atoms with Crippen LogP contribution in [0.2, 0.25) is 5.02 Å². The fourth-order valence-corrected chi connectivity index (χ4v) is 7.32. The van der Waals surface area contributed by atoms with E-state index in [1.165, 1.54) is 0 Å². The van der Waals surface area contributed by atoms with E-state index in [0.29, 0.717) is 24.7 Å². The van der Waals surface area contributed by atoms with Crippen molar-refractivity contribution in [1.29, 1.82) is 0 Å². The van der Waals surface area contributed by atoms with Crippen LogP contribution in [-0.2, 0) is 26.2 Å². The zero-order chi connectivity index (χ0) is 41.0. The maximum atomic E-state index is 12.0. The molecular formula is C47H62ClN5O5. The Hall–Kier alpha value is -5.22. The van der Waals surface area contributed by atoms with Crippen molar-refractivity contribution in [3.63, 3.8) is 0 Å². The highest BCUT2D eigenvalue weighted by atomic mass is 35.5. The number of hydrogen-bond donors (Lipinski definition) is 0. The standard InChI is InChI=1S/C12H15NO2.C12H15NO.C11H12ClNO.C10H12N2O.2CH4/c1-8(2)13-7-10-9(12(13)14)5-4-6-11(10)15-3;1-8(2)13-7-10-5-4-9(3)6-11(10)12(13)14;1-7(2)13-6-9-8(11(13)14)4-3-5-10(9)12;1-7(2)12-6-9-8(10(12)13)4-3-5-11-9;;/h4-6,8H,7H2,1-3H3;4-6,8H,7H2,1-3H3;3-5,7H,6H2,1-2H3;3-5,7H,6H2,1-2H3;2*1H4. The molecule has 4 aliphatic heterocycles. The molecule has 0 radical (unpaired) electrons. The first-order chi connectivity index (χ1) is 26.5. The maximum absolute atomic E-state index is 12.0. The summed E-state index contributed by atoms with van der Waals surface area (Å²) < 4.78 is 5.25. The molecule has 0 fully saturated rings. The molecule has 1 aromatic heterocycles. The van der Waals surface area contributed by atoms with Crippen LogP contribution in [0.25, 0.3) is 0 Å². The second-order valence-corrected chi connectivity index (χ2v) is 15.9. The van der Waals surface area contributed by atoms with Crippen molar-refractivity contribution in [2.75, 3.05) is 7.11 Å². The summed E-state index contributed by atoms with van der Waals surface area (Å²) in [6.45, 7) is 21.0. The van der Waals surface area contributed by atoms with Crippen LogP contribution in [0, 0.1) is 6.92 Å². The summed E-state index contributed by atoms with van der Waals surface area (Å²) in [4.78, 5) is 59.1. The van der Waals surface area contributed by atoms with Crippen molar-refractivity contribution in [3.05, 3.63) is 128 Å². The third kappa shape index (κ3) is 9.89. The van der Waals surface area contributed by atoms with Crippen LogP contribution in [0.5, 0.6) is 5.75 Å². The van der Waals surface area contributed by atoms with Crippen molar-refractivity contribution in [2.45, 2.75) is 128 Å². The first kappa shape index (κ1) is 47.2. The summed E-state index contributed by atoms with van der Waals surface area (Å²) in [5.41, 5.74) is 8.38. The Kier molecular flexibility index (Phi) is 16.2. The van der Waals surface area contributed by atoms with Crippen LogP contribution in [0.15, 0.2) is 72.9 Å². The molecule has 4 amide bonds. The second kappa shape index (κ2) is 20.0. The number of nitrogens with zero attached hydrogens (tertiary/aromatic N) is 5. The molecular weight excluding hydrogens is 750 g/mol. The minimum Gasteiger partial charge on any atom is -0.496 e. The lowest BCUT2D eigenvalue weighted by Gasteiger charge is -2.19. The minimum atomic E-state index is 0. The average Bonchev–Trinajstić information content (AvgIpc) is 3.90. The minimum absolute atomic E-state index is 0. The fraction of sp³-hybridized carbons (Fsp3) is 0.426. The molecule has 4 aliphatic rings. The summed E-state index contributed by atoms with van der Waals surface area (Å²) in [6, 6.07) is 21.9. The Morgan fingerprint density at radius 3 is 1.57 bits per heavy atom. The number of halogens is 1. The van der Waals surface area contributed by atoms with Crippen molar-refractivity contribution in [2.24, 2.45) is 0 Å². The van der Waals surface area contributed by atoms with Gasteiger partial charge in [0.1, 0.15) is 5.75 Å². The number of fused-ring (bicyclic) bond motifs is 4. The molecule has 4 aromatic rings. The third-order valence-electron chi connectivity index (χ3n) is 10.4. The molecule has 0 atom stereocenters. The number of amides is 4. The lowest BCUT2D eigenvalue weighted by atomic mass is 10.1. The molecule has 8 rings (SSSR count). The number of carbonyl (C=O) groups excluding carboxylic acids is 4. The molecule has 11 heteroatoms. The molecule has 58 heavy (non-hydrogen) atoms. The number of aryl methyl sites for hydroxylation is 1. The van der Waals surface area contributed by atoms with Gasteiger partial charge in [-0.2, -0.15) is 0 Å². The van der Waals surface area contributed by atoms with E-state index >= 15 is 0 Å². The van der Waals surface area contributed by atoms with Gasteiger partial charge >= 0.3 is 0 Å². The van der Waals surface area contributed by atoms with Crippen molar-refractivity contribution in [1.82, 2.24) is 24.6 Å². The van der Waals surface area contributed by atoms with Crippen LogP contribution < -0.4 is 4.74 Å². The first-order valence-corrected chi connectivity index (χ1v) is 19.6. The summed E-state index contributed by atoms with van der Waals surface area (Å²) >= 11 is 6.03. The Bertz CT molecular complexity index is 2110. The predicted molar refractivity (Wildman–Crippen MR) is 233 cm³/mol. The van der Waals surface area contributed by atoms with Gasteiger partial charge in [0.15, 0.2) is 0 Å². The lowest BCUT2D eigenvalue weighted by molar-refractivity contribution is 0.0722. The zero-order valence-corrected chi connectivity index (χ0v) is 35.0. The zero-order valence-electron chi connectivity index (χ0n) is 34.2. The van der Waals surface area contributed by atoms with Gasteiger partial charge in [-0.25, -0.2) is 0 Å².